The monoisotopic (exact) mass is 439 g/mol. The van der Waals surface area contributed by atoms with Gasteiger partial charge in [-0.2, -0.15) is 4.68 Å². The summed E-state index contributed by atoms with van der Waals surface area (Å²) in [6.07, 6.45) is 0. The minimum atomic E-state index is -0.220. The Morgan fingerprint density at radius 1 is 1.26 bits per heavy atom. The normalized spacial score (nSPS) is 10.6. The van der Waals surface area contributed by atoms with Crippen molar-refractivity contribution in [2.24, 2.45) is 0 Å². The largest absolute Gasteiger partial charge is 0.322 e. The van der Waals surface area contributed by atoms with Crippen LogP contribution in [0.5, 0.6) is 0 Å². The highest BCUT2D eigenvalue weighted by Crippen LogP contribution is 2.20. The molecule has 0 atom stereocenters. The van der Waals surface area contributed by atoms with Crippen molar-refractivity contribution >= 4 is 45.8 Å². The minimum Gasteiger partial charge on any atom is -0.322 e. The second-order valence-electron chi connectivity index (χ2n) is 4.77. The molecular formula is C15H11ClIN5O. The SMILES string of the molecule is Cc1nnnn1-c1cccc(NC(=O)c2cc(Cl)ccc2I)c1. The minimum absolute atomic E-state index is 0.220. The molecule has 0 saturated carbocycles. The van der Waals surface area contributed by atoms with Crippen LogP contribution in [0.1, 0.15) is 16.2 Å². The van der Waals surface area contributed by atoms with E-state index in [0.717, 1.165) is 9.26 Å². The van der Waals surface area contributed by atoms with Gasteiger partial charge in [0.05, 0.1) is 11.3 Å². The van der Waals surface area contributed by atoms with E-state index < -0.39 is 0 Å². The number of aromatic nitrogens is 4. The molecule has 1 heterocycles. The molecule has 1 N–H and O–H groups in total. The van der Waals surface area contributed by atoms with E-state index in [1.807, 2.05) is 12.1 Å². The van der Waals surface area contributed by atoms with Crippen molar-refractivity contribution in [3.63, 3.8) is 0 Å². The molecule has 0 aliphatic carbocycles. The number of nitrogens with one attached hydrogen (secondary N) is 1. The highest BCUT2D eigenvalue weighted by Gasteiger charge is 2.12. The van der Waals surface area contributed by atoms with Gasteiger partial charge in [0.2, 0.25) is 0 Å². The summed E-state index contributed by atoms with van der Waals surface area (Å²) >= 11 is 8.07. The van der Waals surface area contributed by atoms with Crippen LogP contribution in [0.15, 0.2) is 42.5 Å². The number of anilines is 1. The second-order valence-corrected chi connectivity index (χ2v) is 6.37. The predicted octanol–water partition coefficient (Wildman–Crippen LogP) is 3.48. The first-order valence-corrected chi connectivity index (χ1v) is 8.12. The van der Waals surface area contributed by atoms with Gasteiger partial charge in [-0.25, -0.2) is 0 Å². The van der Waals surface area contributed by atoms with Crippen molar-refractivity contribution in [2.45, 2.75) is 6.92 Å². The number of hydrogen-bond donors (Lipinski definition) is 1. The van der Waals surface area contributed by atoms with Crippen LogP contribution in [0.4, 0.5) is 5.69 Å². The van der Waals surface area contributed by atoms with Crippen LogP contribution in [-0.4, -0.2) is 26.1 Å². The number of nitrogens with zero attached hydrogens (tertiary/aromatic N) is 4. The Balaban J connectivity index is 1.87. The number of benzene rings is 2. The molecule has 0 aliphatic heterocycles. The highest BCUT2D eigenvalue weighted by atomic mass is 127. The third-order valence-corrected chi connectivity index (χ3v) is 4.32. The Hall–Kier alpha value is -2.00. The van der Waals surface area contributed by atoms with E-state index in [0.29, 0.717) is 22.1 Å². The summed E-state index contributed by atoms with van der Waals surface area (Å²) in [5, 5.41) is 14.8. The highest BCUT2D eigenvalue weighted by molar-refractivity contribution is 14.1. The van der Waals surface area contributed by atoms with Crippen LogP contribution in [0.3, 0.4) is 0 Å². The zero-order valence-corrected chi connectivity index (χ0v) is 14.9. The van der Waals surface area contributed by atoms with E-state index in [1.54, 1.807) is 41.9 Å². The first kappa shape index (κ1) is 15.9. The summed E-state index contributed by atoms with van der Waals surface area (Å²) in [6.45, 7) is 1.81. The zero-order valence-electron chi connectivity index (χ0n) is 12.0. The summed E-state index contributed by atoms with van der Waals surface area (Å²) in [5.41, 5.74) is 1.95. The van der Waals surface area contributed by atoms with E-state index in [1.165, 1.54) is 0 Å². The molecule has 8 heteroatoms. The topological polar surface area (TPSA) is 72.7 Å². The van der Waals surface area contributed by atoms with Gasteiger partial charge in [0.15, 0.2) is 5.82 Å². The van der Waals surface area contributed by atoms with Gasteiger partial charge in [0.25, 0.3) is 5.91 Å². The van der Waals surface area contributed by atoms with Crippen molar-refractivity contribution in [3.8, 4) is 5.69 Å². The molecule has 1 aromatic heterocycles. The quantitative estimate of drug-likeness (QED) is 0.634. The van der Waals surface area contributed by atoms with Gasteiger partial charge in [0, 0.05) is 14.3 Å². The van der Waals surface area contributed by atoms with Crippen molar-refractivity contribution < 1.29 is 4.79 Å². The molecule has 0 unspecified atom stereocenters. The lowest BCUT2D eigenvalue weighted by Crippen LogP contribution is -2.13. The van der Waals surface area contributed by atoms with Gasteiger partial charge in [-0.05, 0) is 76.3 Å². The number of amides is 1. The smallest absolute Gasteiger partial charge is 0.256 e. The van der Waals surface area contributed by atoms with Crippen LogP contribution in [0, 0.1) is 10.5 Å². The third-order valence-electron chi connectivity index (χ3n) is 3.15. The maximum atomic E-state index is 12.4. The number of aryl methyl sites for hydroxylation is 1. The summed E-state index contributed by atoms with van der Waals surface area (Å²) < 4.78 is 2.43. The molecule has 2 aromatic carbocycles. The van der Waals surface area contributed by atoms with Gasteiger partial charge in [-0.1, -0.05) is 17.7 Å². The van der Waals surface area contributed by atoms with E-state index in [9.17, 15) is 4.79 Å². The van der Waals surface area contributed by atoms with E-state index in [4.69, 9.17) is 11.6 Å². The molecule has 0 bridgehead atoms. The predicted molar refractivity (Wildman–Crippen MR) is 96.0 cm³/mol. The Morgan fingerprint density at radius 2 is 2.09 bits per heavy atom. The van der Waals surface area contributed by atoms with Crippen LogP contribution < -0.4 is 5.32 Å². The molecule has 3 aromatic rings. The van der Waals surface area contributed by atoms with Crippen molar-refractivity contribution in [3.05, 3.63) is 62.4 Å². The zero-order chi connectivity index (χ0) is 16.4. The van der Waals surface area contributed by atoms with E-state index in [2.05, 4.69) is 43.4 Å². The fourth-order valence-corrected chi connectivity index (χ4v) is 2.81. The molecular weight excluding hydrogens is 429 g/mol. The van der Waals surface area contributed by atoms with Crippen molar-refractivity contribution in [1.82, 2.24) is 20.2 Å². The van der Waals surface area contributed by atoms with E-state index >= 15 is 0 Å². The molecule has 3 rings (SSSR count). The number of rotatable bonds is 3. The van der Waals surface area contributed by atoms with Gasteiger partial charge in [0.1, 0.15) is 0 Å². The van der Waals surface area contributed by atoms with Gasteiger partial charge in [-0.15, -0.1) is 5.10 Å². The Morgan fingerprint density at radius 3 is 2.83 bits per heavy atom. The summed E-state index contributed by atoms with van der Waals surface area (Å²) in [7, 11) is 0. The summed E-state index contributed by atoms with van der Waals surface area (Å²) in [4.78, 5) is 12.4. The first-order chi connectivity index (χ1) is 11.0. The van der Waals surface area contributed by atoms with Crippen molar-refractivity contribution in [2.75, 3.05) is 5.32 Å². The van der Waals surface area contributed by atoms with Crippen LogP contribution in [0.2, 0.25) is 5.02 Å². The van der Waals surface area contributed by atoms with Crippen molar-refractivity contribution in [1.29, 1.82) is 0 Å². The molecule has 1 amide bonds. The fraction of sp³-hybridized carbons (Fsp3) is 0.0667. The Bertz CT molecular complexity index is 880. The number of tetrazole rings is 1. The molecule has 0 fully saturated rings. The molecule has 0 saturated heterocycles. The third kappa shape index (κ3) is 3.50. The average molecular weight is 440 g/mol. The number of carbonyl (C=O) groups excluding carboxylic acids is 1. The Kier molecular flexibility index (Phi) is 4.58. The lowest BCUT2D eigenvalue weighted by molar-refractivity contribution is 0.102. The summed E-state index contributed by atoms with van der Waals surface area (Å²) in [5.74, 6) is 0.445. The maximum absolute atomic E-state index is 12.4. The Labute approximate surface area is 151 Å². The second kappa shape index (κ2) is 6.63. The van der Waals surface area contributed by atoms with Crippen LogP contribution >= 0.6 is 34.2 Å². The van der Waals surface area contributed by atoms with Crippen LogP contribution in [-0.2, 0) is 0 Å². The number of carbonyl (C=O) groups is 1. The van der Waals surface area contributed by atoms with E-state index in [-0.39, 0.29) is 5.91 Å². The van der Waals surface area contributed by atoms with Gasteiger partial charge >= 0.3 is 0 Å². The first-order valence-electron chi connectivity index (χ1n) is 6.66. The fourth-order valence-electron chi connectivity index (χ4n) is 2.06. The summed E-state index contributed by atoms with van der Waals surface area (Å²) in [6, 6.07) is 12.5. The van der Waals surface area contributed by atoms with Gasteiger partial charge < -0.3 is 5.32 Å². The molecule has 6 nitrogen and oxygen atoms in total. The maximum Gasteiger partial charge on any atom is 0.256 e. The van der Waals surface area contributed by atoms with Gasteiger partial charge in [-0.3, -0.25) is 4.79 Å². The molecule has 23 heavy (non-hydrogen) atoms. The number of hydrogen-bond acceptors (Lipinski definition) is 4. The molecule has 0 radical (unpaired) electrons. The van der Waals surface area contributed by atoms with Crippen LogP contribution in [0.25, 0.3) is 5.69 Å². The average Bonchev–Trinajstić information content (AvgIpc) is 2.96. The lowest BCUT2D eigenvalue weighted by atomic mass is 10.2. The number of halogens is 2. The lowest BCUT2D eigenvalue weighted by Gasteiger charge is -2.09. The standard InChI is InChI=1S/C15H11ClIN5O/c1-9-19-20-21-22(9)12-4-2-3-11(8-12)18-15(23)13-7-10(16)5-6-14(13)17/h2-8H,1H3,(H,18,23). The molecule has 116 valence electrons. The molecule has 0 spiro atoms. The molecule has 0 aliphatic rings.